The van der Waals surface area contributed by atoms with Crippen LogP contribution in [0.2, 0.25) is 0 Å². The van der Waals surface area contributed by atoms with Crippen molar-refractivity contribution < 1.29 is 86.4 Å². The predicted octanol–water partition coefficient (Wildman–Crippen LogP) is 13.8. The number of carbonyl (C=O) groups excluding carboxylic acids is 7. The first-order valence-electron chi connectivity index (χ1n) is 32.7. The first-order valence-corrected chi connectivity index (χ1v) is 32.7. The number of fused-ring (bicyclic) bond motifs is 5. The molecule has 0 bridgehead atoms. The molecule has 0 heterocycles. The number of benzene rings is 8. The Bertz CT molecular complexity index is 4150. The molecule has 3 aliphatic rings. The summed E-state index contributed by atoms with van der Waals surface area (Å²) in [4.78, 5) is 101. The van der Waals surface area contributed by atoms with Crippen LogP contribution in [0.3, 0.4) is 0 Å². The molecule has 0 saturated heterocycles. The maximum atomic E-state index is 14.9. The van der Waals surface area contributed by atoms with E-state index < -0.39 is 127 Å². The smallest absolute Gasteiger partial charge is 0.343 e. The van der Waals surface area contributed by atoms with Crippen LogP contribution in [-0.2, 0) is 49.1 Å². The molecule has 2 fully saturated rings. The second kappa shape index (κ2) is 32.3. The standard InChI is InChI=1S/C80H74O18/c1-51-38-40-60-59(50-51)39-41-62-61(60)44-47-80(2)63(62)42-43-66(80)94-78(88)69(97-76(86)57-34-20-8-21-35-57)68(65(93-74(84)55-30-16-6-17-31-55)46-49-91-72(82)53-26-12-4-13-27-53)96-79(89)70(98-77(87)58-36-22-9-23-37-58)67(95-75(85)56-32-18-7-19-33-56)64(92-73(83)54-28-14-5-15-29-54)45-48-90-71(81)52-24-10-3-11-25-52/h3-38,40,50,61-66,78-79,88-89H,39,41-49H2,1-2H3. The van der Waals surface area contributed by atoms with Gasteiger partial charge in [0.15, 0.2) is 23.7 Å². The van der Waals surface area contributed by atoms with E-state index in [0.29, 0.717) is 18.8 Å². The van der Waals surface area contributed by atoms with Crippen LogP contribution in [0.1, 0.15) is 147 Å². The van der Waals surface area contributed by atoms with Crippen molar-refractivity contribution in [3.8, 4) is 0 Å². The summed E-state index contributed by atoms with van der Waals surface area (Å²) in [6.07, 6.45) is -6.45. The Morgan fingerprint density at radius 1 is 0.418 bits per heavy atom. The number of aliphatic hydroxyl groups excluding tert-OH is 2. The summed E-state index contributed by atoms with van der Waals surface area (Å²) < 4.78 is 56.3. The third kappa shape index (κ3) is 16.7. The van der Waals surface area contributed by atoms with Crippen molar-refractivity contribution in [1.82, 2.24) is 0 Å². The highest BCUT2D eigenvalue weighted by Crippen LogP contribution is 2.62. The Labute approximate surface area is 567 Å². The lowest BCUT2D eigenvalue weighted by molar-refractivity contribution is -0.175. The van der Waals surface area contributed by atoms with Crippen molar-refractivity contribution in [2.45, 2.75) is 102 Å². The molecule has 502 valence electrons. The number of aryl methyl sites for hydroxylation is 2. The predicted molar refractivity (Wildman–Crippen MR) is 357 cm³/mol. The summed E-state index contributed by atoms with van der Waals surface area (Å²) in [7, 11) is 0. The van der Waals surface area contributed by atoms with Gasteiger partial charge in [0.1, 0.15) is 0 Å². The summed E-state index contributed by atoms with van der Waals surface area (Å²) in [5.41, 5.74) is 3.35. The van der Waals surface area contributed by atoms with Gasteiger partial charge in [-0.15, -0.1) is 0 Å². The van der Waals surface area contributed by atoms with Crippen LogP contribution in [0.4, 0.5) is 0 Å². The molecule has 18 heteroatoms. The van der Waals surface area contributed by atoms with Gasteiger partial charge in [-0.25, -0.2) is 33.6 Å². The quantitative estimate of drug-likeness (QED) is 0.0221. The molecule has 0 spiro atoms. The maximum absolute atomic E-state index is 14.9. The molecule has 3 aliphatic carbocycles. The third-order valence-corrected chi connectivity index (χ3v) is 18.2. The Morgan fingerprint density at radius 3 is 1.22 bits per heavy atom. The fraction of sp³-hybridized carbons (Fsp3) is 0.263. The van der Waals surface area contributed by atoms with Gasteiger partial charge in [-0.05, 0) is 165 Å². The lowest BCUT2D eigenvalue weighted by Crippen LogP contribution is -2.46. The van der Waals surface area contributed by atoms with E-state index in [4.69, 9.17) is 42.6 Å². The van der Waals surface area contributed by atoms with Gasteiger partial charge in [0.25, 0.3) is 6.29 Å². The average molecular weight is 1320 g/mol. The number of rotatable bonds is 26. The Kier molecular flexibility index (Phi) is 22.6. The first kappa shape index (κ1) is 68.6. The van der Waals surface area contributed by atoms with Crippen molar-refractivity contribution in [1.29, 1.82) is 0 Å². The van der Waals surface area contributed by atoms with E-state index in [1.807, 2.05) is 0 Å². The zero-order chi connectivity index (χ0) is 68.5. The number of aliphatic hydroxyl groups is 2. The van der Waals surface area contributed by atoms with Gasteiger partial charge in [-0.1, -0.05) is 158 Å². The van der Waals surface area contributed by atoms with Crippen LogP contribution in [0, 0.1) is 24.2 Å². The summed E-state index contributed by atoms with van der Waals surface area (Å²) in [5.74, 6) is -10.2. The fourth-order valence-corrected chi connectivity index (χ4v) is 13.4. The van der Waals surface area contributed by atoms with E-state index in [-0.39, 0.29) is 50.8 Å². The monoisotopic (exact) mass is 1320 g/mol. The number of carbonyl (C=O) groups is 7. The van der Waals surface area contributed by atoms with Crippen molar-refractivity contribution in [3.05, 3.63) is 309 Å². The van der Waals surface area contributed by atoms with Gasteiger partial charge in [-0.3, -0.25) is 0 Å². The minimum atomic E-state index is -2.84. The number of esters is 7. The Morgan fingerprint density at radius 2 is 0.796 bits per heavy atom. The van der Waals surface area contributed by atoms with Gasteiger partial charge < -0.3 is 52.8 Å². The van der Waals surface area contributed by atoms with Crippen molar-refractivity contribution in [2.24, 2.45) is 17.3 Å². The van der Waals surface area contributed by atoms with Crippen LogP contribution in [0.5, 0.6) is 0 Å². The average Bonchev–Trinajstić information content (AvgIpc) is 1.52. The van der Waals surface area contributed by atoms with Gasteiger partial charge in [0.2, 0.25) is 17.8 Å². The molecule has 8 aromatic rings. The van der Waals surface area contributed by atoms with Gasteiger partial charge in [-0.2, -0.15) is 0 Å². The Hall–Kier alpha value is -10.8. The second-order valence-corrected chi connectivity index (χ2v) is 24.5. The Balaban J connectivity index is 1.09. The fourth-order valence-electron chi connectivity index (χ4n) is 13.4. The topological polar surface area (TPSA) is 243 Å². The molecule has 9 unspecified atom stereocenters. The molecule has 18 nitrogen and oxygen atoms in total. The van der Waals surface area contributed by atoms with Crippen LogP contribution >= 0.6 is 0 Å². The minimum absolute atomic E-state index is 0.0113. The second-order valence-electron chi connectivity index (χ2n) is 24.5. The summed E-state index contributed by atoms with van der Waals surface area (Å²) in [6.45, 7) is 3.07. The first-order chi connectivity index (χ1) is 47.6. The van der Waals surface area contributed by atoms with Crippen molar-refractivity contribution in [3.63, 3.8) is 0 Å². The highest BCUT2D eigenvalue weighted by atomic mass is 16.7. The van der Waals surface area contributed by atoms with E-state index in [1.54, 1.807) is 103 Å². The molecule has 0 aliphatic heterocycles. The maximum Gasteiger partial charge on any atom is 0.343 e. The molecule has 11 rings (SSSR count). The minimum Gasteiger partial charge on any atom is -0.462 e. The zero-order valence-corrected chi connectivity index (χ0v) is 54.1. The summed E-state index contributed by atoms with van der Waals surface area (Å²) >= 11 is 0. The zero-order valence-electron chi connectivity index (χ0n) is 54.1. The van der Waals surface area contributed by atoms with Gasteiger partial charge in [0.05, 0.1) is 58.3 Å². The third-order valence-electron chi connectivity index (χ3n) is 18.2. The molecule has 9 atom stereocenters. The molecule has 0 aromatic heterocycles. The SMILES string of the molecule is Cc1ccc2c(c1)CCC1C2CCC2(C)C(OC(O)C(OC(=O)c3ccccc3)=C(OC(O)C(OC(=O)c3ccccc3)=C(OC(=O)c3ccccc3)C(CCOC(=O)c3ccccc3)OC(=O)c3ccccc3)C(CCOC(=O)c3ccccc3)OC(=O)c3ccccc3)CCC12. The van der Waals surface area contributed by atoms with Crippen molar-refractivity contribution >= 4 is 41.8 Å². The van der Waals surface area contributed by atoms with Crippen LogP contribution < -0.4 is 0 Å². The molecule has 2 saturated carbocycles. The molecule has 0 amide bonds. The summed E-state index contributed by atoms with van der Waals surface area (Å²) in [5, 5.41) is 26.6. The van der Waals surface area contributed by atoms with Gasteiger partial charge >= 0.3 is 41.8 Å². The van der Waals surface area contributed by atoms with E-state index in [1.165, 1.54) is 126 Å². The van der Waals surface area contributed by atoms with Crippen LogP contribution in [0.15, 0.2) is 254 Å². The summed E-state index contributed by atoms with van der Waals surface area (Å²) in [6, 6.07) is 60.6. The lowest BCUT2D eigenvalue weighted by Gasteiger charge is -2.51. The highest BCUT2D eigenvalue weighted by Gasteiger charge is 2.56. The molecule has 0 radical (unpaired) electrons. The highest BCUT2D eigenvalue weighted by molar-refractivity contribution is 5.93. The molecular formula is C80H74O18. The molecule has 98 heavy (non-hydrogen) atoms. The number of hydrogen-bond donors (Lipinski definition) is 2. The molecule has 2 N–H and O–H groups in total. The largest absolute Gasteiger partial charge is 0.462 e. The number of ether oxygens (including phenoxy) is 9. The molecular weight excluding hydrogens is 1250 g/mol. The van der Waals surface area contributed by atoms with Crippen LogP contribution in [-0.4, -0.2) is 96.1 Å². The molecule has 8 aromatic carbocycles. The lowest BCUT2D eigenvalue weighted by atomic mass is 9.55. The number of hydrogen-bond acceptors (Lipinski definition) is 18. The van der Waals surface area contributed by atoms with E-state index in [2.05, 4.69) is 32.0 Å². The van der Waals surface area contributed by atoms with E-state index >= 15 is 0 Å². The normalized spacial score (nSPS) is 19.3. The van der Waals surface area contributed by atoms with E-state index in [0.717, 1.165) is 25.7 Å². The van der Waals surface area contributed by atoms with Gasteiger partial charge in [0, 0.05) is 12.8 Å². The van der Waals surface area contributed by atoms with E-state index in [9.17, 15) is 43.8 Å². The van der Waals surface area contributed by atoms with Crippen molar-refractivity contribution in [2.75, 3.05) is 13.2 Å². The van der Waals surface area contributed by atoms with Crippen LogP contribution in [0.25, 0.3) is 0 Å².